The van der Waals surface area contributed by atoms with Crippen LogP contribution in [0.4, 0.5) is 0 Å². The standard InChI is InChI=1S/C19H24N2O3S/c1-4-18(15-11-9-14(3)10-12-15)21-19(22)16-7-6-8-17(13-16)25(23,24)20-5-2/h6-13,18,20H,4-5H2,1-3H3,(H,21,22). The minimum absolute atomic E-state index is 0.0883. The normalized spacial score (nSPS) is 12.6. The van der Waals surface area contributed by atoms with Crippen molar-refractivity contribution in [2.45, 2.75) is 38.1 Å². The summed E-state index contributed by atoms with van der Waals surface area (Å²) in [6.07, 6.45) is 0.740. The second-order valence-corrected chi connectivity index (χ2v) is 7.64. The number of aryl methyl sites for hydroxylation is 1. The van der Waals surface area contributed by atoms with Crippen molar-refractivity contribution in [2.24, 2.45) is 0 Å². The third-order valence-electron chi connectivity index (χ3n) is 3.93. The SMILES string of the molecule is CCNS(=O)(=O)c1cccc(C(=O)NC(CC)c2ccc(C)cc2)c1. The number of sulfonamides is 1. The van der Waals surface area contributed by atoms with Crippen LogP contribution in [0.15, 0.2) is 53.4 Å². The third kappa shape index (κ3) is 4.90. The molecule has 1 amide bonds. The molecular formula is C19H24N2O3S. The zero-order valence-electron chi connectivity index (χ0n) is 14.7. The van der Waals surface area contributed by atoms with E-state index in [-0.39, 0.29) is 16.8 Å². The number of rotatable bonds is 7. The Hall–Kier alpha value is -2.18. The Bertz CT molecular complexity index is 830. The van der Waals surface area contributed by atoms with Crippen LogP contribution >= 0.6 is 0 Å². The van der Waals surface area contributed by atoms with Crippen LogP contribution in [0.2, 0.25) is 0 Å². The Kier molecular flexibility index (Phi) is 6.33. The zero-order chi connectivity index (χ0) is 18.4. The molecule has 0 aliphatic heterocycles. The molecule has 0 radical (unpaired) electrons. The first-order valence-corrected chi connectivity index (χ1v) is 9.82. The minimum Gasteiger partial charge on any atom is -0.345 e. The lowest BCUT2D eigenvalue weighted by Gasteiger charge is -2.18. The average Bonchev–Trinajstić information content (AvgIpc) is 2.60. The number of hydrogen-bond acceptors (Lipinski definition) is 3. The lowest BCUT2D eigenvalue weighted by Crippen LogP contribution is -2.28. The van der Waals surface area contributed by atoms with E-state index in [1.54, 1.807) is 19.1 Å². The Labute approximate surface area is 149 Å². The molecule has 0 bridgehead atoms. The Balaban J connectivity index is 2.21. The van der Waals surface area contributed by atoms with Crippen molar-refractivity contribution in [2.75, 3.05) is 6.54 Å². The summed E-state index contributed by atoms with van der Waals surface area (Å²) >= 11 is 0. The van der Waals surface area contributed by atoms with Gasteiger partial charge in [-0.1, -0.05) is 49.7 Å². The molecule has 0 aliphatic rings. The lowest BCUT2D eigenvalue weighted by atomic mass is 10.0. The molecule has 2 rings (SSSR count). The van der Waals surface area contributed by atoms with Gasteiger partial charge in [0.05, 0.1) is 10.9 Å². The van der Waals surface area contributed by atoms with Gasteiger partial charge in [0.15, 0.2) is 0 Å². The highest BCUT2D eigenvalue weighted by molar-refractivity contribution is 7.89. The van der Waals surface area contributed by atoms with Gasteiger partial charge in [0.2, 0.25) is 10.0 Å². The summed E-state index contributed by atoms with van der Waals surface area (Å²) in [5.74, 6) is -0.291. The topological polar surface area (TPSA) is 75.3 Å². The van der Waals surface area contributed by atoms with E-state index in [0.29, 0.717) is 12.1 Å². The van der Waals surface area contributed by atoms with Crippen LogP contribution in [0.3, 0.4) is 0 Å². The highest BCUT2D eigenvalue weighted by Gasteiger charge is 2.17. The molecule has 2 aromatic carbocycles. The summed E-state index contributed by atoms with van der Waals surface area (Å²) < 4.78 is 26.6. The number of nitrogens with one attached hydrogen (secondary N) is 2. The van der Waals surface area contributed by atoms with Crippen molar-refractivity contribution < 1.29 is 13.2 Å². The van der Waals surface area contributed by atoms with Gasteiger partial charge in [-0.15, -0.1) is 0 Å². The fraction of sp³-hybridized carbons (Fsp3) is 0.316. The van der Waals surface area contributed by atoms with E-state index < -0.39 is 10.0 Å². The molecule has 25 heavy (non-hydrogen) atoms. The van der Waals surface area contributed by atoms with Crippen molar-refractivity contribution in [3.05, 3.63) is 65.2 Å². The highest BCUT2D eigenvalue weighted by atomic mass is 32.2. The van der Waals surface area contributed by atoms with Gasteiger partial charge < -0.3 is 5.32 Å². The van der Waals surface area contributed by atoms with Crippen molar-refractivity contribution in [3.63, 3.8) is 0 Å². The molecule has 1 unspecified atom stereocenters. The third-order valence-corrected chi connectivity index (χ3v) is 5.48. The summed E-state index contributed by atoms with van der Waals surface area (Å²) in [5.41, 5.74) is 2.51. The van der Waals surface area contributed by atoms with E-state index in [0.717, 1.165) is 17.5 Å². The molecule has 134 valence electrons. The second kappa shape index (κ2) is 8.27. The van der Waals surface area contributed by atoms with E-state index in [2.05, 4.69) is 10.0 Å². The van der Waals surface area contributed by atoms with E-state index in [9.17, 15) is 13.2 Å². The largest absolute Gasteiger partial charge is 0.345 e. The van der Waals surface area contributed by atoms with Crippen molar-refractivity contribution in [1.82, 2.24) is 10.0 Å². The number of amides is 1. The summed E-state index contributed by atoms with van der Waals surface area (Å²) in [4.78, 5) is 12.7. The molecule has 0 spiro atoms. The van der Waals surface area contributed by atoms with Crippen molar-refractivity contribution >= 4 is 15.9 Å². The van der Waals surface area contributed by atoms with Gasteiger partial charge >= 0.3 is 0 Å². The predicted molar refractivity (Wildman–Crippen MR) is 99.0 cm³/mol. The molecule has 0 aromatic heterocycles. The molecule has 0 aliphatic carbocycles. The van der Waals surface area contributed by atoms with Gasteiger partial charge in [-0.2, -0.15) is 0 Å². The summed E-state index contributed by atoms with van der Waals surface area (Å²) in [6.45, 7) is 6.02. The monoisotopic (exact) mass is 360 g/mol. The van der Waals surface area contributed by atoms with Gasteiger partial charge in [-0.25, -0.2) is 13.1 Å². The van der Waals surface area contributed by atoms with Crippen LogP contribution in [0.25, 0.3) is 0 Å². The number of carbonyl (C=O) groups excluding carboxylic acids is 1. The predicted octanol–water partition coefficient (Wildman–Crippen LogP) is 3.17. The van der Waals surface area contributed by atoms with Crippen LogP contribution < -0.4 is 10.0 Å². The minimum atomic E-state index is -3.59. The van der Waals surface area contributed by atoms with Crippen molar-refractivity contribution in [3.8, 4) is 0 Å². The van der Waals surface area contributed by atoms with Crippen LogP contribution in [-0.2, 0) is 10.0 Å². The van der Waals surface area contributed by atoms with Gasteiger partial charge in [0.1, 0.15) is 0 Å². The molecule has 0 heterocycles. The first-order valence-electron chi connectivity index (χ1n) is 8.34. The van der Waals surface area contributed by atoms with Crippen LogP contribution in [-0.4, -0.2) is 20.9 Å². The molecule has 0 saturated heterocycles. The molecule has 2 aromatic rings. The van der Waals surface area contributed by atoms with E-state index in [1.807, 2.05) is 38.1 Å². The molecule has 0 saturated carbocycles. The lowest BCUT2D eigenvalue weighted by molar-refractivity contribution is 0.0935. The summed E-state index contributed by atoms with van der Waals surface area (Å²) in [6, 6.07) is 13.9. The van der Waals surface area contributed by atoms with Crippen molar-refractivity contribution in [1.29, 1.82) is 0 Å². The number of hydrogen-bond donors (Lipinski definition) is 2. The number of carbonyl (C=O) groups is 1. The number of benzene rings is 2. The highest BCUT2D eigenvalue weighted by Crippen LogP contribution is 2.19. The molecule has 5 nitrogen and oxygen atoms in total. The fourth-order valence-electron chi connectivity index (χ4n) is 2.54. The average molecular weight is 360 g/mol. The Morgan fingerprint density at radius 1 is 1.08 bits per heavy atom. The molecule has 1 atom stereocenters. The first-order chi connectivity index (χ1) is 11.9. The quantitative estimate of drug-likeness (QED) is 0.796. The van der Waals surface area contributed by atoms with E-state index >= 15 is 0 Å². The van der Waals surface area contributed by atoms with Gasteiger partial charge in [0, 0.05) is 12.1 Å². The summed E-state index contributed by atoms with van der Waals surface area (Å²) in [7, 11) is -3.59. The maximum Gasteiger partial charge on any atom is 0.251 e. The van der Waals surface area contributed by atoms with Gasteiger partial charge in [-0.3, -0.25) is 4.79 Å². The summed E-state index contributed by atoms with van der Waals surface area (Å²) in [5, 5.41) is 2.98. The molecular weight excluding hydrogens is 336 g/mol. The second-order valence-electron chi connectivity index (χ2n) is 5.87. The van der Waals surface area contributed by atoms with Gasteiger partial charge in [0.25, 0.3) is 5.91 Å². The Morgan fingerprint density at radius 2 is 1.76 bits per heavy atom. The smallest absolute Gasteiger partial charge is 0.251 e. The van der Waals surface area contributed by atoms with E-state index in [4.69, 9.17) is 0 Å². The van der Waals surface area contributed by atoms with Crippen LogP contribution in [0, 0.1) is 6.92 Å². The molecule has 2 N–H and O–H groups in total. The van der Waals surface area contributed by atoms with Crippen LogP contribution in [0.1, 0.15) is 47.8 Å². The van der Waals surface area contributed by atoms with Gasteiger partial charge in [-0.05, 0) is 37.1 Å². The Morgan fingerprint density at radius 3 is 2.36 bits per heavy atom. The van der Waals surface area contributed by atoms with Crippen LogP contribution in [0.5, 0.6) is 0 Å². The van der Waals surface area contributed by atoms with E-state index in [1.165, 1.54) is 12.1 Å². The molecule has 0 fully saturated rings. The first kappa shape index (κ1) is 19.1. The maximum absolute atomic E-state index is 12.6. The molecule has 6 heteroatoms. The zero-order valence-corrected chi connectivity index (χ0v) is 15.6. The maximum atomic E-state index is 12.6. The fourth-order valence-corrected chi connectivity index (χ4v) is 3.63.